The first-order valence-electron chi connectivity index (χ1n) is 12.0. The summed E-state index contributed by atoms with van der Waals surface area (Å²) in [6.07, 6.45) is 0. The third-order valence-corrected chi connectivity index (χ3v) is 9.24. The fraction of sp³-hybridized carbons (Fsp3) is 0.148. The van der Waals surface area contributed by atoms with E-state index in [2.05, 4.69) is 10.0 Å². The van der Waals surface area contributed by atoms with Gasteiger partial charge in [-0.1, -0.05) is 36.4 Å². The molecule has 4 aromatic carbocycles. The lowest BCUT2D eigenvalue weighted by Gasteiger charge is -2.23. The van der Waals surface area contributed by atoms with Crippen LogP contribution in [0.2, 0.25) is 0 Å². The zero-order valence-corrected chi connectivity index (χ0v) is 22.5. The lowest BCUT2D eigenvalue weighted by atomic mass is 10.1. The molecule has 0 saturated carbocycles. The summed E-state index contributed by atoms with van der Waals surface area (Å²) in [5.41, 5.74) is 1.02. The largest absolute Gasteiger partial charge is 0.454 e. The van der Waals surface area contributed by atoms with Crippen molar-refractivity contribution in [3.63, 3.8) is 0 Å². The molecule has 1 amide bonds. The molecule has 1 aliphatic rings. The molecule has 0 radical (unpaired) electrons. The number of anilines is 3. The molecule has 0 saturated heterocycles. The van der Waals surface area contributed by atoms with Crippen LogP contribution in [0.1, 0.15) is 6.92 Å². The van der Waals surface area contributed by atoms with Gasteiger partial charge < -0.3 is 14.8 Å². The average Bonchev–Trinajstić information content (AvgIpc) is 3.40. The van der Waals surface area contributed by atoms with Gasteiger partial charge in [0.05, 0.1) is 22.0 Å². The van der Waals surface area contributed by atoms with Gasteiger partial charge in [-0.05, 0) is 54.8 Å². The minimum Gasteiger partial charge on any atom is -0.454 e. The van der Waals surface area contributed by atoms with E-state index in [4.69, 9.17) is 9.47 Å². The highest BCUT2D eigenvalue weighted by Crippen LogP contribution is 2.36. The van der Waals surface area contributed by atoms with Gasteiger partial charge in [0.2, 0.25) is 22.7 Å². The maximum atomic E-state index is 13.0. The van der Waals surface area contributed by atoms with E-state index < -0.39 is 32.5 Å². The van der Waals surface area contributed by atoms with E-state index >= 15 is 0 Å². The van der Waals surface area contributed by atoms with Gasteiger partial charge in [-0.25, -0.2) is 16.8 Å². The van der Waals surface area contributed by atoms with Crippen molar-refractivity contribution in [3.05, 3.63) is 84.9 Å². The molecule has 10 nitrogen and oxygen atoms in total. The molecule has 1 heterocycles. The summed E-state index contributed by atoms with van der Waals surface area (Å²) in [4.78, 5) is 12.8. The van der Waals surface area contributed by atoms with Gasteiger partial charge in [-0.2, -0.15) is 0 Å². The van der Waals surface area contributed by atoms with Crippen molar-refractivity contribution in [2.45, 2.75) is 11.8 Å². The number of nitrogens with one attached hydrogen (secondary N) is 2. The van der Waals surface area contributed by atoms with Gasteiger partial charge in [-0.15, -0.1) is 0 Å². The van der Waals surface area contributed by atoms with Gasteiger partial charge in [0.25, 0.3) is 10.0 Å². The van der Waals surface area contributed by atoms with E-state index in [1.807, 2.05) is 30.3 Å². The summed E-state index contributed by atoms with van der Waals surface area (Å²) in [6, 6.07) is 23.0. The molecule has 0 spiro atoms. The predicted molar refractivity (Wildman–Crippen MR) is 149 cm³/mol. The lowest BCUT2D eigenvalue weighted by Crippen LogP contribution is -2.39. The highest BCUT2D eigenvalue weighted by atomic mass is 32.2. The van der Waals surface area contributed by atoms with Gasteiger partial charge in [-0.3, -0.25) is 13.8 Å². The normalized spacial score (nSPS) is 12.7. The number of benzene rings is 4. The number of hydrogen-bond acceptors (Lipinski definition) is 7. The summed E-state index contributed by atoms with van der Waals surface area (Å²) in [5.74, 6) is 0.0552. The second kappa shape index (κ2) is 10.5. The number of fused-ring (bicyclic) bond motifs is 2. The smallest absolute Gasteiger partial charge is 0.261 e. The number of nitrogens with zero attached hydrogens (tertiary/aromatic N) is 1. The maximum Gasteiger partial charge on any atom is 0.261 e. The first-order valence-corrected chi connectivity index (χ1v) is 15.1. The number of hydrogen-bond donors (Lipinski definition) is 2. The Morgan fingerprint density at radius 1 is 0.872 bits per heavy atom. The van der Waals surface area contributed by atoms with Gasteiger partial charge in [0.1, 0.15) is 6.54 Å². The Labute approximate surface area is 226 Å². The molecule has 0 atom stereocenters. The second-order valence-corrected chi connectivity index (χ2v) is 12.5. The van der Waals surface area contributed by atoms with E-state index in [1.165, 1.54) is 43.3 Å². The van der Waals surface area contributed by atoms with Crippen LogP contribution < -0.4 is 23.8 Å². The van der Waals surface area contributed by atoms with Gasteiger partial charge in [0.15, 0.2) is 11.5 Å². The van der Waals surface area contributed by atoms with Crippen molar-refractivity contribution in [2.24, 2.45) is 0 Å². The number of sulfonamides is 2. The lowest BCUT2D eigenvalue weighted by molar-refractivity contribution is -0.114. The van der Waals surface area contributed by atoms with Crippen molar-refractivity contribution in [3.8, 4) is 11.5 Å². The van der Waals surface area contributed by atoms with E-state index in [-0.39, 0.29) is 23.1 Å². The van der Waals surface area contributed by atoms with Crippen molar-refractivity contribution in [1.29, 1.82) is 0 Å². The number of ether oxygens (including phenoxy) is 2. The molecule has 12 heteroatoms. The minimum atomic E-state index is -3.91. The van der Waals surface area contributed by atoms with Crippen LogP contribution in [0, 0.1) is 0 Å². The number of carbonyl (C=O) groups excluding carboxylic acids is 1. The molecule has 39 heavy (non-hydrogen) atoms. The molecule has 0 bridgehead atoms. The summed E-state index contributed by atoms with van der Waals surface area (Å²) in [7, 11) is -7.71. The molecular weight excluding hydrogens is 542 g/mol. The molecule has 0 aliphatic carbocycles. The zero-order valence-electron chi connectivity index (χ0n) is 20.8. The van der Waals surface area contributed by atoms with Crippen LogP contribution in [-0.2, 0) is 24.8 Å². The Morgan fingerprint density at radius 3 is 2.36 bits per heavy atom. The van der Waals surface area contributed by atoms with Crippen molar-refractivity contribution in [1.82, 2.24) is 0 Å². The monoisotopic (exact) mass is 567 g/mol. The van der Waals surface area contributed by atoms with Gasteiger partial charge in [0, 0.05) is 17.1 Å². The molecule has 5 rings (SSSR count). The quantitative estimate of drug-likeness (QED) is 0.310. The van der Waals surface area contributed by atoms with Crippen molar-refractivity contribution >= 4 is 53.8 Å². The van der Waals surface area contributed by atoms with Crippen LogP contribution in [0.25, 0.3) is 10.8 Å². The number of rotatable bonds is 9. The van der Waals surface area contributed by atoms with Crippen LogP contribution in [-0.4, -0.2) is 41.8 Å². The standard InChI is InChI=1S/C27H25N3O7S2/c1-2-38(32,33)30(21-12-15-25-26(16-21)37-18-36-25)17-27(31)28-20-10-13-22(14-11-20)39(34,35)29-24-9-5-7-19-6-3-4-8-23(19)24/h3-16,29H,2,17-18H2,1H3,(H,28,31). The maximum absolute atomic E-state index is 13.0. The average molecular weight is 568 g/mol. The number of carbonyl (C=O) groups is 1. The van der Waals surface area contributed by atoms with Crippen LogP contribution in [0.4, 0.5) is 17.1 Å². The fourth-order valence-electron chi connectivity index (χ4n) is 4.11. The Bertz CT molecular complexity index is 1750. The van der Waals surface area contributed by atoms with E-state index in [0.717, 1.165) is 15.1 Å². The Morgan fingerprint density at radius 2 is 1.59 bits per heavy atom. The van der Waals surface area contributed by atoms with Crippen molar-refractivity contribution in [2.75, 3.05) is 33.4 Å². The SMILES string of the molecule is CCS(=O)(=O)N(CC(=O)Nc1ccc(S(=O)(=O)Nc2cccc3ccccc23)cc1)c1ccc2c(c1)OCO2. The first kappa shape index (κ1) is 26.3. The van der Waals surface area contributed by atoms with E-state index in [0.29, 0.717) is 22.9 Å². The van der Waals surface area contributed by atoms with E-state index in [1.54, 1.807) is 18.2 Å². The number of amides is 1. The Hall–Kier alpha value is -4.29. The zero-order chi connectivity index (χ0) is 27.6. The van der Waals surface area contributed by atoms with Crippen LogP contribution >= 0.6 is 0 Å². The first-order chi connectivity index (χ1) is 18.7. The third kappa shape index (κ3) is 5.61. The fourth-order valence-corrected chi connectivity index (χ4v) is 6.25. The highest BCUT2D eigenvalue weighted by Gasteiger charge is 2.26. The predicted octanol–water partition coefficient (Wildman–Crippen LogP) is 4.16. The second-order valence-electron chi connectivity index (χ2n) is 8.65. The summed E-state index contributed by atoms with van der Waals surface area (Å²) in [6.45, 7) is 1.03. The van der Waals surface area contributed by atoms with Gasteiger partial charge >= 0.3 is 0 Å². The molecule has 2 N–H and O–H groups in total. The Balaban J connectivity index is 1.30. The summed E-state index contributed by atoms with van der Waals surface area (Å²) >= 11 is 0. The third-order valence-electron chi connectivity index (χ3n) is 6.11. The van der Waals surface area contributed by atoms with Crippen LogP contribution in [0.3, 0.4) is 0 Å². The molecular formula is C27H25N3O7S2. The molecule has 4 aromatic rings. The molecule has 202 valence electrons. The molecule has 0 aromatic heterocycles. The summed E-state index contributed by atoms with van der Waals surface area (Å²) < 4.78 is 65.8. The Kier molecular flexibility index (Phi) is 7.06. The summed E-state index contributed by atoms with van der Waals surface area (Å²) in [5, 5.41) is 4.29. The topological polar surface area (TPSA) is 131 Å². The van der Waals surface area contributed by atoms with Crippen LogP contribution in [0.15, 0.2) is 89.8 Å². The van der Waals surface area contributed by atoms with Crippen molar-refractivity contribution < 1.29 is 31.1 Å². The molecule has 0 fully saturated rings. The van der Waals surface area contributed by atoms with Crippen LogP contribution in [0.5, 0.6) is 11.5 Å². The molecule has 1 aliphatic heterocycles. The van der Waals surface area contributed by atoms with E-state index in [9.17, 15) is 21.6 Å². The highest BCUT2D eigenvalue weighted by molar-refractivity contribution is 7.93. The minimum absolute atomic E-state index is 0.00369. The molecule has 0 unspecified atom stereocenters.